The molecular formula is C20H20Cl2N2O. The summed E-state index contributed by atoms with van der Waals surface area (Å²) in [5.41, 5.74) is 3.09. The molecule has 1 aliphatic rings. The number of imidazole rings is 1. The van der Waals surface area contributed by atoms with Crippen LogP contribution in [0.25, 0.3) is 5.52 Å². The van der Waals surface area contributed by atoms with Crippen LogP contribution in [0.3, 0.4) is 0 Å². The number of nitrogens with zero attached hydrogens (tertiary/aromatic N) is 2. The van der Waals surface area contributed by atoms with E-state index in [9.17, 15) is 5.11 Å². The van der Waals surface area contributed by atoms with Gasteiger partial charge in [-0.25, -0.2) is 4.98 Å². The molecule has 2 aromatic heterocycles. The van der Waals surface area contributed by atoms with E-state index in [1.165, 1.54) is 5.56 Å². The van der Waals surface area contributed by atoms with Gasteiger partial charge in [0.1, 0.15) is 0 Å². The van der Waals surface area contributed by atoms with Crippen molar-refractivity contribution in [3.05, 3.63) is 70.2 Å². The topological polar surface area (TPSA) is 37.5 Å². The van der Waals surface area contributed by atoms with Crippen molar-refractivity contribution in [2.45, 2.75) is 37.7 Å². The summed E-state index contributed by atoms with van der Waals surface area (Å²) in [7, 11) is 0. The number of rotatable bonds is 3. The third-order valence-corrected chi connectivity index (χ3v) is 5.85. The number of aliphatic hydroxyl groups is 1. The van der Waals surface area contributed by atoms with Crippen molar-refractivity contribution in [1.29, 1.82) is 0 Å². The predicted molar refractivity (Wildman–Crippen MR) is 101 cm³/mol. The number of fused-ring (bicyclic) bond motifs is 1. The summed E-state index contributed by atoms with van der Waals surface area (Å²) in [6.45, 7) is 0. The SMILES string of the molecule is O[C@@H](c1cc(Cl)cc2cncn12)[C@H]1CC[C@H](c2ccc(Cl)cc2)CC1. The van der Waals surface area contributed by atoms with E-state index in [0.29, 0.717) is 10.9 Å². The number of benzene rings is 1. The van der Waals surface area contributed by atoms with Crippen LogP contribution < -0.4 is 0 Å². The van der Waals surface area contributed by atoms with Crippen LogP contribution in [0, 0.1) is 5.92 Å². The van der Waals surface area contributed by atoms with Gasteiger partial charge >= 0.3 is 0 Å². The number of aliphatic hydroxyl groups excluding tert-OH is 1. The molecule has 3 nitrogen and oxygen atoms in total. The summed E-state index contributed by atoms with van der Waals surface area (Å²) in [6.07, 6.45) is 7.13. The quantitative estimate of drug-likeness (QED) is 0.643. The maximum absolute atomic E-state index is 11.0. The largest absolute Gasteiger partial charge is 0.387 e. The second-order valence-electron chi connectivity index (χ2n) is 6.90. The van der Waals surface area contributed by atoms with E-state index in [1.807, 2.05) is 28.7 Å². The number of hydrogen-bond acceptors (Lipinski definition) is 2. The first-order chi connectivity index (χ1) is 12.1. The van der Waals surface area contributed by atoms with Crippen molar-refractivity contribution >= 4 is 28.7 Å². The second kappa shape index (κ2) is 6.99. The maximum Gasteiger partial charge on any atom is 0.0995 e. The summed E-state index contributed by atoms with van der Waals surface area (Å²) >= 11 is 12.2. The van der Waals surface area contributed by atoms with E-state index in [-0.39, 0.29) is 5.92 Å². The van der Waals surface area contributed by atoms with E-state index in [1.54, 1.807) is 12.5 Å². The van der Waals surface area contributed by atoms with Crippen molar-refractivity contribution < 1.29 is 5.11 Å². The Bertz CT molecular complexity index is 867. The van der Waals surface area contributed by atoms with Crippen LogP contribution in [0.2, 0.25) is 10.0 Å². The fourth-order valence-corrected chi connectivity index (χ4v) is 4.34. The Kier molecular flexibility index (Phi) is 4.72. The van der Waals surface area contributed by atoms with Gasteiger partial charge in [0.2, 0.25) is 0 Å². The Hall–Kier alpha value is -1.55. The molecule has 0 aliphatic heterocycles. The highest BCUT2D eigenvalue weighted by atomic mass is 35.5. The molecule has 1 aliphatic carbocycles. The summed E-state index contributed by atoms with van der Waals surface area (Å²) < 4.78 is 1.93. The molecule has 0 radical (unpaired) electrons. The molecule has 2 heterocycles. The zero-order chi connectivity index (χ0) is 17.4. The summed E-state index contributed by atoms with van der Waals surface area (Å²) in [6, 6.07) is 11.9. The monoisotopic (exact) mass is 374 g/mol. The number of halogens is 2. The lowest BCUT2D eigenvalue weighted by atomic mass is 9.76. The van der Waals surface area contributed by atoms with Crippen LogP contribution in [-0.4, -0.2) is 14.5 Å². The molecule has 0 amide bonds. The molecule has 4 rings (SSSR count). The zero-order valence-corrected chi connectivity index (χ0v) is 15.3. The average molecular weight is 375 g/mol. The standard InChI is InChI=1S/C20H20Cl2N2O/c21-16-7-5-14(6-8-16)13-1-3-15(4-2-13)20(25)19-10-17(22)9-18-11-23-12-24(18)19/h5-13,15,20,25H,1-4H2/t13-,15-,20-/m1/s1. The van der Waals surface area contributed by atoms with E-state index < -0.39 is 6.10 Å². The van der Waals surface area contributed by atoms with E-state index in [2.05, 4.69) is 17.1 Å². The predicted octanol–water partition coefficient (Wildman–Crippen LogP) is 5.65. The number of hydrogen-bond donors (Lipinski definition) is 1. The molecule has 1 N–H and O–H groups in total. The van der Waals surface area contributed by atoms with E-state index >= 15 is 0 Å². The Morgan fingerprint density at radius 2 is 1.72 bits per heavy atom. The lowest BCUT2D eigenvalue weighted by Crippen LogP contribution is -2.21. The van der Waals surface area contributed by atoms with Gasteiger partial charge in [-0.15, -0.1) is 0 Å². The Morgan fingerprint density at radius 3 is 2.44 bits per heavy atom. The summed E-state index contributed by atoms with van der Waals surface area (Å²) in [4.78, 5) is 4.17. The first kappa shape index (κ1) is 16.9. The van der Waals surface area contributed by atoms with Gasteiger partial charge in [0.25, 0.3) is 0 Å². The Labute approximate surface area is 157 Å². The van der Waals surface area contributed by atoms with Crippen LogP contribution in [0.15, 0.2) is 48.9 Å². The smallest absolute Gasteiger partial charge is 0.0995 e. The van der Waals surface area contributed by atoms with Gasteiger partial charge in [-0.3, -0.25) is 0 Å². The summed E-state index contributed by atoms with van der Waals surface area (Å²) in [5.74, 6) is 0.793. The van der Waals surface area contributed by atoms with Gasteiger partial charge < -0.3 is 9.51 Å². The minimum atomic E-state index is -0.526. The Morgan fingerprint density at radius 1 is 1.00 bits per heavy atom. The van der Waals surface area contributed by atoms with Crippen LogP contribution >= 0.6 is 23.2 Å². The highest BCUT2D eigenvalue weighted by Gasteiger charge is 2.29. The van der Waals surface area contributed by atoms with Gasteiger partial charge in [-0.05, 0) is 67.3 Å². The van der Waals surface area contributed by atoms with Crippen molar-refractivity contribution in [2.24, 2.45) is 5.92 Å². The van der Waals surface area contributed by atoms with Crippen LogP contribution in [0.1, 0.15) is 49.0 Å². The molecular weight excluding hydrogens is 355 g/mol. The maximum atomic E-state index is 11.0. The highest BCUT2D eigenvalue weighted by molar-refractivity contribution is 6.31. The normalized spacial score (nSPS) is 22.2. The zero-order valence-electron chi connectivity index (χ0n) is 13.8. The highest BCUT2D eigenvalue weighted by Crippen LogP contribution is 2.41. The average Bonchev–Trinajstić information content (AvgIpc) is 3.09. The molecule has 3 aromatic rings. The van der Waals surface area contributed by atoms with Crippen LogP contribution in [0.5, 0.6) is 0 Å². The van der Waals surface area contributed by atoms with Gasteiger partial charge in [0.15, 0.2) is 0 Å². The minimum Gasteiger partial charge on any atom is -0.387 e. The third-order valence-electron chi connectivity index (χ3n) is 5.38. The number of pyridine rings is 1. The number of aromatic nitrogens is 2. The molecule has 1 fully saturated rings. The molecule has 130 valence electrons. The molecule has 0 spiro atoms. The van der Waals surface area contributed by atoms with Crippen LogP contribution in [-0.2, 0) is 0 Å². The molecule has 0 saturated heterocycles. The minimum absolute atomic E-state index is 0.243. The van der Waals surface area contributed by atoms with Gasteiger partial charge in [0.05, 0.1) is 29.8 Å². The second-order valence-corrected chi connectivity index (χ2v) is 7.77. The van der Waals surface area contributed by atoms with Crippen molar-refractivity contribution in [1.82, 2.24) is 9.38 Å². The fourth-order valence-electron chi connectivity index (χ4n) is 3.99. The Balaban J connectivity index is 1.50. The molecule has 0 bridgehead atoms. The summed E-state index contributed by atoms with van der Waals surface area (Å²) in [5, 5.41) is 12.4. The van der Waals surface area contributed by atoms with Crippen molar-refractivity contribution in [3.8, 4) is 0 Å². The molecule has 25 heavy (non-hydrogen) atoms. The van der Waals surface area contributed by atoms with Crippen molar-refractivity contribution in [3.63, 3.8) is 0 Å². The molecule has 5 heteroatoms. The molecule has 1 saturated carbocycles. The van der Waals surface area contributed by atoms with Gasteiger partial charge in [-0.2, -0.15) is 0 Å². The lowest BCUT2D eigenvalue weighted by Gasteiger charge is -2.32. The third kappa shape index (κ3) is 3.41. The first-order valence-electron chi connectivity index (χ1n) is 8.67. The van der Waals surface area contributed by atoms with Crippen LogP contribution in [0.4, 0.5) is 0 Å². The molecule has 1 atom stereocenters. The van der Waals surface area contributed by atoms with E-state index in [4.69, 9.17) is 23.2 Å². The van der Waals surface area contributed by atoms with E-state index in [0.717, 1.165) is 41.9 Å². The van der Waals surface area contributed by atoms with Crippen molar-refractivity contribution in [2.75, 3.05) is 0 Å². The van der Waals surface area contributed by atoms with Gasteiger partial charge in [-0.1, -0.05) is 35.3 Å². The molecule has 0 unspecified atom stereocenters. The molecule has 1 aromatic carbocycles. The van der Waals surface area contributed by atoms with Gasteiger partial charge in [0, 0.05) is 10.0 Å². The first-order valence-corrected chi connectivity index (χ1v) is 9.42. The fraction of sp³-hybridized carbons (Fsp3) is 0.350. The lowest BCUT2D eigenvalue weighted by molar-refractivity contribution is 0.0763.